The lowest BCUT2D eigenvalue weighted by Gasteiger charge is -2.13. The first-order valence-electron chi connectivity index (χ1n) is 4.64. The highest BCUT2D eigenvalue weighted by atomic mass is 31.2. The van der Waals surface area contributed by atoms with Gasteiger partial charge in [0.25, 0.3) is 0 Å². The fraction of sp³-hybridized carbons (Fsp3) is 0. The van der Waals surface area contributed by atoms with Crippen LogP contribution in [0.5, 0.6) is 17.2 Å². The zero-order valence-corrected chi connectivity index (χ0v) is 12.4. The molecular weight excluding hydrogens is 357 g/mol. The summed E-state index contributed by atoms with van der Waals surface area (Å²) in [6.45, 7) is 0. The first-order valence-corrected chi connectivity index (χ1v) is 9.23. The van der Waals surface area contributed by atoms with Crippen LogP contribution in [0.3, 0.4) is 0 Å². The van der Waals surface area contributed by atoms with Crippen molar-refractivity contribution in [1.29, 1.82) is 0 Å². The van der Waals surface area contributed by atoms with Crippen molar-refractivity contribution < 1.29 is 56.6 Å². The highest BCUT2D eigenvalue weighted by Gasteiger charge is 2.23. The van der Waals surface area contributed by atoms with Gasteiger partial charge in [-0.05, 0) is 0 Å². The predicted molar refractivity (Wildman–Crippen MR) is 64.5 cm³/mol. The molecule has 1 aromatic rings. The monoisotopic (exact) mass is 366 g/mol. The minimum Gasteiger partial charge on any atom is -0.404 e. The minimum absolute atomic E-state index is 0.671. The average Bonchev–Trinajstić information content (AvgIpc) is 2.06. The van der Waals surface area contributed by atoms with Gasteiger partial charge in [0.1, 0.15) is 17.2 Å². The van der Waals surface area contributed by atoms with E-state index in [4.69, 9.17) is 29.4 Å². The van der Waals surface area contributed by atoms with Gasteiger partial charge in [-0.2, -0.15) is 0 Å². The normalized spacial score (nSPS) is 12.9. The number of phosphoric ester groups is 3. The molecule has 0 aliphatic carbocycles. The Hall–Kier alpha value is -0.930. The van der Waals surface area contributed by atoms with Crippen LogP contribution < -0.4 is 13.6 Å². The molecule has 0 amide bonds. The maximum Gasteiger partial charge on any atom is 0.524 e. The zero-order chi connectivity index (χ0) is 16.5. The van der Waals surface area contributed by atoms with Gasteiger partial charge in [0.05, 0.1) is 0 Å². The highest BCUT2D eigenvalue weighted by molar-refractivity contribution is 7.47. The van der Waals surface area contributed by atoms with Crippen LogP contribution in [0.25, 0.3) is 0 Å². The molecule has 0 bridgehead atoms. The minimum atomic E-state index is -5.03. The van der Waals surface area contributed by atoms with Gasteiger partial charge >= 0.3 is 23.5 Å². The summed E-state index contributed by atoms with van der Waals surface area (Å²) in [7, 11) is -15.1. The average molecular weight is 366 g/mol. The molecule has 0 radical (unpaired) electrons. The number of benzene rings is 1. The molecule has 0 fully saturated rings. The van der Waals surface area contributed by atoms with Crippen LogP contribution in [0.1, 0.15) is 0 Å². The van der Waals surface area contributed by atoms with E-state index in [1.54, 1.807) is 0 Å². The van der Waals surface area contributed by atoms with Gasteiger partial charge in [-0.25, -0.2) is 13.7 Å². The van der Waals surface area contributed by atoms with Gasteiger partial charge in [0, 0.05) is 18.2 Å². The van der Waals surface area contributed by atoms with Crippen molar-refractivity contribution in [2.75, 3.05) is 0 Å². The van der Waals surface area contributed by atoms with Crippen LogP contribution in [-0.4, -0.2) is 29.4 Å². The molecule has 1 rings (SSSR count). The van der Waals surface area contributed by atoms with E-state index in [2.05, 4.69) is 13.6 Å². The number of rotatable bonds is 6. The summed E-state index contributed by atoms with van der Waals surface area (Å²) in [6, 6.07) is 2.01. The highest BCUT2D eigenvalue weighted by Crippen LogP contribution is 2.46. The molecule has 6 N–H and O–H groups in total. The molecule has 15 heteroatoms. The Bertz CT molecular complexity index is 548. The molecule has 0 aromatic heterocycles. The summed E-state index contributed by atoms with van der Waals surface area (Å²) in [6.07, 6.45) is 0. The summed E-state index contributed by atoms with van der Waals surface area (Å²) in [5, 5.41) is 0. The number of hydrogen-bond donors (Lipinski definition) is 6. The molecular formula is C6H9O12P3. The largest absolute Gasteiger partial charge is 0.524 e. The van der Waals surface area contributed by atoms with E-state index in [-0.39, 0.29) is 0 Å². The van der Waals surface area contributed by atoms with Crippen LogP contribution in [0.2, 0.25) is 0 Å². The number of phosphoric acid groups is 3. The fourth-order valence-corrected chi connectivity index (χ4v) is 2.26. The molecule has 120 valence electrons. The van der Waals surface area contributed by atoms with Crippen molar-refractivity contribution in [1.82, 2.24) is 0 Å². The molecule has 0 unspecified atom stereocenters. The van der Waals surface area contributed by atoms with Crippen molar-refractivity contribution in [2.45, 2.75) is 0 Å². The standard InChI is InChI=1S/C6H9O12P3/c7-19(8,9)16-4-1-5(17-20(10,11)12)3-6(2-4)18-21(13,14)15/h1-3H,(H2,7,8,9)(H2,10,11,12)(H2,13,14,15). The van der Waals surface area contributed by atoms with Crippen molar-refractivity contribution in [3.63, 3.8) is 0 Å². The van der Waals surface area contributed by atoms with Crippen molar-refractivity contribution >= 4 is 23.5 Å². The van der Waals surface area contributed by atoms with E-state index >= 15 is 0 Å². The van der Waals surface area contributed by atoms with Crippen LogP contribution in [0.4, 0.5) is 0 Å². The van der Waals surface area contributed by atoms with Gasteiger partial charge in [-0.15, -0.1) is 0 Å². The Kier molecular flexibility index (Phi) is 5.22. The Morgan fingerprint density at radius 1 is 0.571 bits per heavy atom. The van der Waals surface area contributed by atoms with Crippen LogP contribution in [0, 0.1) is 0 Å². The number of hydrogen-bond acceptors (Lipinski definition) is 6. The van der Waals surface area contributed by atoms with E-state index in [0.29, 0.717) is 18.2 Å². The Morgan fingerprint density at radius 2 is 0.762 bits per heavy atom. The third-order valence-electron chi connectivity index (χ3n) is 1.53. The molecule has 0 aliphatic rings. The SMILES string of the molecule is O=P(O)(O)Oc1cc(OP(=O)(O)O)cc(OP(=O)(O)O)c1. The van der Waals surface area contributed by atoms with E-state index in [9.17, 15) is 13.7 Å². The van der Waals surface area contributed by atoms with Gasteiger partial charge < -0.3 is 13.6 Å². The van der Waals surface area contributed by atoms with E-state index in [1.165, 1.54) is 0 Å². The first-order chi connectivity index (χ1) is 9.23. The van der Waals surface area contributed by atoms with Gasteiger partial charge in [-0.3, -0.25) is 29.4 Å². The maximum absolute atomic E-state index is 10.7. The van der Waals surface area contributed by atoms with Gasteiger partial charge in [0.15, 0.2) is 0 Å². The molecule has 0 saturated carbocycles. The second kappa shape index (κ2) is 6.05. The topological polar surface area (TPSA) is 200 Å². The summed E-state index contributed by atoms with van der Waals surface area (Å²) in [4.78, 5) is 51.7. The molecule has 0 heterocycles. The molecule has 21 heavy (non-hydrogen) atoms. The lowest BCUT2D eigenvalue weighted by molar-refractivity contribution is 0.277. The predicted octanol–water partition coefficient (Wildman–Crippen LogP) is 0.101. The van der Waals surface area contributed by atoms with E-state index in [0.717, 1.165) is 0 Å². The van der Waals surface area contributed by atoms with E-state index < -0.39 is 40.7 Å². The first kappa shape index (κ1) is 18.1. The fourth-order valence-electron chi connectivity index (χ4n) is 1.12. The second-order valence-corrected chi connectivity index (χ2v) is 6.88. The van der Waals surface area contributed by atoms with Crippen molar-refractivity contribution in [3.8, 4) is 17.2 Å². The summed E-state index contributed by atoms with van der Waals surface area (Å²) >= 11 is 0. The van der Waals surface area contributed by atoms with Crippen LogP contribution in [0.15, 0.2) is 18.2 Å². The van der Waals surface area contributed by atoms with Crippen molar-refractivity contribution in [2.24, 2.45) is 0 Å². The molecule has 12 nitrogen and oxygen atoms in total. The molecule has 0 atom stereocenters. The quantitative estimate of drug-likeness (QED) is 0.371. The molecule has 1 aromatic carbocycles. The molecule has 0 saturated heterocycles. The third kappa shape index (κ3) is 8.18. The molecule has 0 aliphatic heterocycles. The summed E-state index contributed by atoms with van der Waals surface area (Å²) in [5.41, 5.74) is 0. The zero-order valence-electron chi connectivity index (χ0n) is 9.71. The Labute approximate surface area is 116 Å². The maximum atomic E-state index is 10.7. The summed E-state index contributed by atoms with van der Waals surface area (Å²) in [5.74, 6) is -2.09. The van der Waals surface area contributed by atoms with Crippen LogP contribution in [-0.2, 0) is 13.7 Å². The smallest absolute Gasteiger partial charge is 0.404 e. The third-order valence-corrected chi connectivity index (χ3v) is 2.87. The lowest BCUT2D eigenvalue weighted by atomic mass is 10.3. The van der Waals surface area contributed by atoms with Gasteiger partial charge in [0.2, 0.25) is 0 Å². The van der Waals surface area contributed by atoms with Gasteiger partial charge in [-0.1, -0.05) is 0 Å². The van der Waals surface area contributed by atoms with E-state index in [1.807, 2.05) is 0 Å². The van der Waals surface area contributed by atoms with Crippen molar-refractivity contribution in [3.05, 3.63) is 18.2 Å². The Balaban J connectivity index is 3.22. The molecule has 0 spiro atoms. The lowest BCUT2D eigenvalue weighted by Crippen LogP contribution is -1.96. The summed E-state index contributed by atoms with van der Waals surface area (Å²) < 4.78 is 44.4. The second-order valence-electron chi connectivity index (χ2n) is 3.39. The Morgan fingerprint density at radius 3 is 0.905 bits per heavy atom. The van der Waals surface area contributed by atoms with Crippen LogP contribution >= 0.6 is 23.5 Å².